The van der Waals surface area contributed by atoms with Crippen LogP contribution in [0.2, 0.25) is 0 Å². The minimum Gasteiger partial charge on any atom is -0.394 e. The largest absolute Gasteiger partial charge is 0.483 e. The van der Waals surface area contributed by atoms with Crippen molar-refractivity contribution < 1.29 is 72.1 Å². The summed E-state index contributed by atoms with van der Waals surface area (Å²) in [5.41, 5.74) is -1.75. The number of ether oxygens (including phenoxy) is 2. The number of aromatic nitrogens is 2. The number of amides is 1. The minimum absolute atomic E-state index is 0.723. The average molecular weight is 607 g/mol. The highest BCUT2D eigenvalue weighted by atomic mass is 31.3. The highest BCUT2D eigenvalue weighted by molar-refractivity contribution is 7.61. The van der Waals surface area contributed by atoms with Crippen LogP contribution in [0.5, 0.6) is 0 Å². The van der Waals surface area contributed by atoms with Crippen LogP contribution in [0.4, 0.5) is 0 Å². The van der Waals surface area contributed by atoms with Gasteiger partial charge in [0.1, 0.15) is 42.7 Å². The Kier molecular flexibility index (Phi) is 10.0. The number of H-pyrrole nitrogens is 1. The van der Waals surface area contributed by atoms with Crippen LogP contribution in [-0.2, 0) is 36.8 Å². The summed E-state index contributed by atoms with van der Waals surface area (Å²) in [6.07, 6.45) is -13.0. The maximum atomic E-state index is 12.4. The Hall–Kier alpha value is -1.87. The van der Waals surface area contributed by atoms with E-state index in [0.29, 0.717) is 0 Å². The number of aliphatic hydroxyl groups is 5. The molecule has 9 N–H and O–H groups in total. The second-order valence-electron chi connectivity index (χ2n) is 8.42. The van der Waals surface area contributed by atoms with Crippen LogP contribution in [0.25, 0.3) is 0 Å². The standard InChI is InChI=1S/C17H27N3O17P2/c1-6(22)18-10-13(26)11(24)7(4-21)35-16(10)36-39(31,32)37-38(29,30)33-5-8-12(25)14(27)15(34-8)20-3-2-9(23)19-17(20)28/h2-3,7-8,10-16,21,24-27H,4-5H2,1H3,(H,18,22)(H,29,30)(H,31,32)(H,19,23,28)/t7-,8-,10-,11+,12-,13-,14-,15?,16-/m1/s1. The molecular weight excluding hydrogens is 580 g/mol. The first-order valence-electron chi connectivity index (χ1n) is 11.0. The molecule has 0 aromatic carbocycles. The molecule has 0 spiro atoms. The van der Waals surface area contributed by atoms with Crippen molar-refractivity contribution in [3.63, 3.8) is 0 Å². The summed E-state index contributed by atoms with van der Waals surface area (Å²) in [5, 5.41) is 51.9. The number of phosphoric ester groups is 2. The molecule has 2 saturated heterocycles. The molecule has 3 rings (SSSR count). The van der Waals surface area contributed by atoms with Gasteiger partial charge in [0.2, 0.25) is 5.91 Å². The highest BCUT2D eigenvalue weighted by Gasteiger charge is 2.50. The number of carbonyl (C=O) groups is 1. The average Bonchev–Trinajstić information content (AvgIpc) is 3.10. The van der Waals surface area contributed by atoms with Crippen LogP contribution in [-0.4, -0.2) is 113 Å². The van der Waals surface area contributed by atoms with Crippen molar-refractivity contribution in [1.29, 1.82) is 0 Å². The number of aromatic amines is 1. The molecule has 3 heterocycles. The molecule has 39 heavy (non-hydrogen) atoms. The summed E-state index contributed by atoms with van der Waals surface area (Å²) >= 11 is 0. The first-order chi connectivity index (χ1) is 18.0. The number of carbonyl (C=O) groups excluding carboxylic acids is 1. The molecule has 0 saturated carbocycles. The number of hydrogen-bond acceptors (Lipinski definition) is 15. The molecule has 1 amide bonds. The second-order valence-corrected chi connectivity index (χ2v) is 11.4. The van der Waals surface area contributed by atoms with Crippen LogP contribution in [0.3, 0.4) is 0 Å². The maximum absolute atomic E-state index is 12.4. The van der Waals surface area contributed by atoms with E-state index in [4.69, 9.17) is 9.47 Å². The Bertz CT molecular complexity index is 1240. The molecule has 20 nitrogen and oxygen atoms in total. The topological polar surface area (TPSA) is 306 Å². The van der Waals surface area contributed by atoms with Gasteiger partial charge in [-0.15, -0.1) is 0 Å². The normalized spacial score (nSPS) is 36.2. The molecule has 2 fully saturated rings. The first kappa shape index (κ1) is 31.7. The molecule has 0 bridgehead atoms. The van der Waals surface area contributed by atoms with Crippen molar-refractivity contribution in [2.45, 2.75) is 62.1 Å². The van der Waals surface area contributed by atoms with Gasteiger partial charge in [-0.2, -0.15) is 4.31 Å². The van der Waals surface area contributed by atoms with Gasteiger partial charge < -0.3 is 50.1 Å². The first-order valence-corrected chi connectivity index (χ1v) is 14.0. The molecule has 3 unspecified atom stereocenters. The van der Waals surface area contributed by atoms with Crippen LogP contribution in [0.15, 0.2) is 21.9 Å². The van der Waals surface area contributed by atoms with Crippen LogP contribution in [0, 0.1) is 0 Å². The summed E-state index contributed by atoms with van der Waals surface area (Å²) in [5.74, 6) is -0.796. The van der Waals surface area contributed by atoms with Crippen LogP contribution >= 0.6 is 15.6 Å². The van der Waals surface area contributed by atoms with E-state index >= 15 is 0 Å². The van der Waals surface area contributed by atoms with Gasteiger partial charge in [-0.3, -0.25) is 28.2 Å². The minimum atomic E-state index is -5.63. The Morgan fingerprint density at radius 2 is 1.69 bits per heavy atom. The lowest BCUT2D eigenvalue weighted by molar-refractivity contribution is -0.247. The molecule has 2 aliphatic rings. The van der Waals surface area contributed by atoms with Crippen LogP contribution < -0.4 is 16.6 Å². The van der Waals surface area contributed by atoms with Crippen molar-refractivity contribution in [1.82, 2.24) is 14.9 Å². The Morgan fingerprint density at radius 3 is 2.28 bits per heavy atom. The Labute approximate surface area is 217 Å². The van der Waals surface area contributed by atoms with E-state index in [2.05, 4.69) is 18.7 Å². The lowest BCUT2D eigenvalue weighted by Crippen LogP contribution is -2.64. The van der Waals surface area contributed by atoms with Crippen molar-refractivity contribution in [3.05, 3.63) is 33.1 Å². The number of aliphatic hydroxyl groups excluding tert-OH is 5. The molecular formula is C17H27N3O17P2. The van der Waals surface area contributed by atoms with Crippen molar-refractivity contribution in [2.24, 2.45) is 0 Å². The van der Waals surface area contributed by atoms with Gasteiger partial charge in [0, 0.05) is 19.2 Å². The fraction of sp³-hybridized carbons (Fsp3) is 0.706. The van der Waals surface area contributed by atoms with Crippen molar-refractivity contribution >= 4 is 21.6 Å². The fourth-order valence-electron chi connectivity index (χ4n) is 3.76. The van der Waals surface area contributed by atoms with Crippen LogP contribution in [0.1, 0.15) is 13.2 Å². The predicted molar refractivity (Wildman–Crippen MR) is 120 cm³/mol. The van der Waals surface area contributed by atoms with Gasteiger partial charge >= 0.3 is 21.3 Å². The van der Waals surface area contributed by atoms with Crippen molar-refractivity contribution in [2.75, 3.05) is 13.2 Å². The van der Waals surface area contributed by atoms with Crippen molar-refractivity contribution in [3.8, 4) is 0 Å². The monoisotopic (exact) mass is 607 g/mol. The number of hydrogen-bond donors (Lipinski definition) is 9. The molecule has 1 aromatic rings. The van der Waals surface area contributed by atoms with Gasteiger partial charge in [-0.05, 0) is 0 Å². The summed E-state index contributed by atoms with van der Waals surface area (Å²) in [7, 11) is -11.1. The molecule has 0 radical (unpaired) electrons. The Balaban J connectivity index is 1.66. The third kappa shape index (κ3) is 7.66. The summed E-state index contributed by atoms with van der Waals surface area (Å²) in [6.45, 7) is -0.940. The van der Waals surface area contributed by atoms with Gasteiger partial charge in [-0.1, -0.05) is 0 Å². The van der Waals surface area contributed by atoms with Gasteiger partial charge in [0.25, 0.3) is 5.56 Å². The number of phosphoric acid groups is 2. The Morgan fingerprint density at radius 1 is 1.05 bits per heavy atom. The summed E-state index contributed by atoms with van der Waals surface area (Å²) < 4.78 is 49.2. The molecule has 11 atom stereocenters. The van der Waals surface area contributed by atoms with E-state index in [1.807, 2.05) is 4.98 Å². The number of rotatable bonds is 10. The van der Waals surface area contributed by atoms with Gasteiger partial charge in [0.05, 0.1) is 13.2 Å². The third-order valence-electron chi connectivity index (χ3n) is 5.56. The zero-order valence-electron chi connectivity index (χ0n) is 19.8. The van der Waals surface area contributed by atoms with Gasteiger partial charge in [0.15, 0.2) is 12.5 Å². The summed E-state index contributed by atoms with van der Waals surface area (Å²) in [4.78, 5) is 56.4. The number of nitrogens with zero attached hydrogens (tertiary/aromatic N) is 1. The molecule has 22 heteroatoms. The molecule has 2 aliphatic heterocycles. The quantitative estimate of drug-likeness (QED) is 0.113. The van der Waals surface area contributed by atoms with E-state index in [-0.39, 0.29) is 0 Å². The highest BCUT2D eigenvalue weighted by Crippen LogP contribution is 2.61. The van der Waals surface area contributed by atoms with E-state index < -0.39 is 101 Å². The zero-order chi connectivity index (χ0) is 29.3. The van der Waals surface area contributed by atoms with E-state index in [9.17, 15) is 58.8 Å². The maximum Gasteiger partial charge on any atom is 0.483 e. The number of nitrogens with one attached hydrogen (secondary N) is 2. The van der Waals surface area contributed by atoms with E-state index in [0.717, 1.165) is 23.8 Å². The molecule has 0 aliphatic carbocycles. The fourth-order valence-corrected chi connectivity index (χ4v) is 5.92. The van der Waals surface area contributed by atoms with E-state index in [1.165, 1.54) is 0 Å². The van der Waals surface area contributed by atoms with Gasteiger partial charge in [-0.25, -0.2) is 13.9 Å². The second kappa shape index (κ2) is 12.3. The molecule has 222 valence electrons. The van der Waals surface area contributed by atoms with E-state index in [1.54, 1.807) is 0 Å². The zero-order valence-corrected chi connectivity index (χ0v) is 21.6. The third-order valence-corrected chi connectivity index (χ3v) is 8.16. The lowest BCUT2D eigenvalue weighted by Gasteiger charge is -2.42. The lowest BCUT2D eigenvalue weighted by atomic mass is 9.97. The molecule has 1 aromatic heterocycles. The smallest absolute Gasteiger partial charge is 0.394 e. The summed E-state index contributed by atoms with van der Waals surface area (Å²) in [6, 6.07) is -0.766. The SMILES string of the molecule is CC(=O)N[C@H]1[C@@H](OP(=O)(O)OP(=O)(O)OC[C@H]2OC(n3ccc(=O)[nH]c3=O)[C@H](O)[C@@H]2O)O[C@H](CO)[C@H](O)[C@@H]1O. The predicted octanol–water partition coefficient (Wildman–Crippen LogP) is -4.65.